The molecule has 5 atom stereocenters. The van der Waals surface area contributed by atoms with Crippen molar-refractivity contribution in [1.82, 2.24) is 0 Å². The molecule has 1 saturated carbocycles. The first kappa shape index (κ1) is 21.3. The Morgan fingerprint density at radius 2 is 1.97 bits per heavy atom. The fourth-order valence-electron chi connectivity index (χ4n) is 5.21. The number of carbonyl (C=O) groups excluding carboxylic acids is 4. The Bertz CT molecular complexity index is 811. The molecule has 158 valence electrons. The summed E-state index contributed by atoms with van der Waals surface area (Å²) < 4.78 is 15.9. The van der Waals surface area contributed by atoms with Gasteiger partial charge < -0.3 is 13.9 Å². The van der Waals surface area contributed by atoms with Gasteiger partial charge in [0.25, 0.3) is 0 Å². The molecule has 2 aliphatic rings. The van der Waals surface area contributed by atoms with Gasteiger partial charge in [-0.1, -0.05) is 13.3 Å². The molecular weight excluding hydrogens is 376 g/mol. The van der Waals surface area contributed by atoms with Crippen LogP contribution in [0, 0.1) is 16.7 Å². The fraction of sp³-hybridized carbons (Fsp3) is 0.636. The lowest BCUT2D eigenvalue weighted by molar-refractivity contribution is -0.168. The van der Waals surface area contributed by atoms with E-state index in [1.54, 1.807) is 19.5 Å². The Labute approximate surface area is 170 Å². The number of cyclic esters (lactones) is 1. The Hall–Kier alpha value is -2.44. The number of fused-ring (bicyclic) bond motifs is 1. The van der Waals surface area contributed by atoms with E-state index in [4.69, 9.17) is 13.9 Å². The third kappa shape index (κ3) is 3.74. The molecule has 0 spiro atoms. The summed E-state index contributed by atoms with van der Waals surface area (Å²) in [6.07, 6.45) is 3.71. The van der Waals surface area contributed by atoms with Crippen LogP contribution in [0.1, 0.15) is 58.9 Å². The highest BCUT2D eigenvalue weighted by Gasteiger charge is 2.66. The van der Waals surface area contributed by atoms with Crippen LogP contribution in [-0.4, -0.2) is 35.7 Å². The van der Waals surface area contributed by atoms with E-state index in [0.29, 0.717) is 32.1 Å². The Balaban J connectivity index is 1.93. The number of rotatable bonds is 7. The van der Waals surface area contributed by atoms with Gasteiger partial charge in [-0.15, -0.1) is 0 Å². The molecule has 3 rings (SSSR count). The summed E-state index contributed by atoms with van der Waals surface area (Å²) in [6.45, 7) is 6.17. The number of hydrogen-bond donors (Lipinski definition) is 0. The molecule has 29 heavy (non-hydrogen) atoms. The maximum Gasteiger partial charge on any atom is 0.312 e. The number of furan rings is 1. The van der Waals surface area contributed by atoms with E-state index in [0.717, 1.165) is 5.56 Å². The van der Waals surface area contributed by atoms with Crippen molar-refractivity contribution in [3.63, 3.8) is 0 Å². The van der Waals surface area contributed by atoms with E-state index in [1.807, 2.05) is 13.0 Å². The van der Waals surface area contributed by atoms with E-state index >= 15 is 0 Å². The summed E-state index contributed by atoms with van der Waals surface area (Å²) in [5.74, 6) is -1.98. The SMILES string of the molecule is CC(=O)O[C@@H](C(C)=O)[C@@H]1OC(=O)[C@@]2(C)CCC[C@](C)(C(=O)CCc3ccoc3)[C@@H]12. The van der Waals surface area contributed by atoms with E-state index in [1.165, 1.54) is 13.8 Å². The van der Waals surface area contributed by atoms with Crippen LogP contribution in [0.4, 0.5) is 0 Å². The van der Waals surface area contributed by atoms with Crippen molar-refractivity contribution in [3.8, 4) is 0 Å². The zero-order valence-corrected chi connectivity index (χ0v) is 17.4. The highest BCUT2D eigenvalue weighted by molar-refractivity contribution is 5.90. The number of ether oxygens (including phenoxy) is 2. The zero-order chi connectivity index (χ0) is 21.4. The number of carbonyl (C=O) groups is 4. The number of hydrogen-bond acceptors (Lipinski definition) is 7. The minimum absolute atomic E-state index is 0.0167. The molecule has 0 aromatic carbocycles. The monoisotopic (exact) mass is 404 g/mol. The van der Waals surface area contributed by atoms with Crippen LogP contribution in [0.5, 0.6) is 0 Å². The van der Waals surface area contributed by atoms with Crippen LogP contribution in [-0.2, 0) is 35.1 Å². The Kier molecular flexibility index (Phi) is 5.70. The zero-order valence-electron chi connectivity index (χ0n) is 17.4. The van der Waals surface area contributed by atoms with Crippen LogP contribution in [0.25, 0.3) is 0 Å². The van der Waals surface area contributed by atoms with Gasteiger partial charge in [-0.05, 0) is 44.7 Å². The standard InChI is InChI=1S/C22H28O7/c1-13(23)17(28-14(2)24)18-19-21(3,9-5-10-22(19,4)20(26)29-18)16(25)7-6-15-8-11-27-12-15/h8,11-12,17-19H,5-7,9-10H2,1-4H3/t17-,18-,19+,21+,22-/m0/s1. The lowest BCUT2D eigenvalue weighted by atomic mass is 9.53. The first-order valence-electron chi connectivity index (χ1n) is 10.0. The molecule has 0 radical (unpaired) electrons. The molecular formula is C22H28O7. The first-order valence-corrected chi connectivity index (χ1v) is 10.0. The molecule has 1 aliphatic carbocycles. The smallest absolute Gasteiger partial charge is 0.312 e. The summed E-state index contributed by atoms with van der Waals surface area (Å²) in [6, 6.07) is 1.82. The largest absolute Gasteiger partial charge is 0.472 e. The second kappa shape index (κ2) is 7.76. The number of esters is 2. The molecule has 2 fully saturated rings. The van der Waals surface area contributed by atoms with E-state index < -0.39 is 46.7 Å². The minimum atomic E-state index is -1.21. The minimum Gasteiger partial charge on any atom is -0.472 e. The maximum atomic E-state index is 13.4. The van der Waals surface area contributed by atoms with Crippen molar-refractivity contribution in [3.05, 3.63) is 24.2 Å². The number of ketones is 2. The molecule has 0 bridgehead atoms. The van der Waals surface area contributed by atoms with Crippen molar-refractivity contribution in [2.75, 3.05) is 0 Å². The van der Waals surface area contributed by atoms with Crippen molar-refractivity contribution < 1.29 is 33.1 Å². The van der Waals surface area contributed by atoms with Crippen molar-refractivity contribution in [2.45, 2.75) is 72.0 Å². The molecule has 7 heteroatoms. The average molecular weight is 404 g/mol. The van der Waals surface area contributed by atoms with Gasteiger partial charge in [-0.2, -0.15) is 0 Å². The summed E-state index contributed by atoms with van der Waals surface area (Å²) in [7, 11) is 0. The fourth-order valence-corrected chi connectivity index (χ4v) is 5.21. The van der Waals surface area contributed by atoms with Crippen molar-refractivity contribution >= 4 is 23.5 Å². The van der Waals surface area contributed by atoms with Gasteiger partial charge in [-0.25, -0.2) is 0 Å². The normalized spacial score (nSPS) is 32.2. The molecule has 1 aromatic heterocycles. The van der Waals surface area contributed by atoms with E-state index in [9.17, 15) is 19.2 Å². The van der Waals surface area contributed by atoms with Crippen LogP contribution in [0.3, 0.4) is 0 Å². The number of Topliss-reactive ketones (excluding diaryl/α,β-unsaturated/α-hetero) is 2. The predicted molar refractivity (Wildman–Crippen MR) is 102 cm³/mol. The lowest BCUT2D eigenvalue weighted by Crippen LogP contribution is -2.54. The summed E-state index contributed by atoms with van der Waals surface area (Å²) >= 11 is 0. The molecule has 1 saturated heterocycles. The second-order valence-corrected chi connectivity index (χ2v) is 8.73. The average Bonchev–Trinajstić information content (AvgIpc) is 3.24. The maximum absolute atomic E-state index is 13.4. The molecule has 7 nitrogen and oxygen atoms in total. The van der Waals surface area contributed by atoms with Crippen molar-refractivity contribution in [1.29, 1.82) is 0 Å². The molecule has 0 unspecified atom stereocenters. The van der Waals surface area contributed by atoms with Crippen LogP contribution in [0.2, 0.25) is 0 Å². The highest BCUT2D eigenvalue weighted by Crippen LogP contribution is 2.59. The summed E-state index contributed by atoms with van der Waals surface area (Å²) in [5, 5.41) is 0. The first-order chi connectivity index (χ1) is 13.6. The van der Waals surface area contributed by atoms with Gasteiger partial charge in [0.2, 0.25) is 0 Å². The van der Waals surface area contributed by atoms with Gasteiger partial charge in [0.1, 0.15) is 5.78 Å². The Morgan fingerprint density at radius 3 is 2.55 bits per heavy atom. The van der Waals surface area contributed by atoms with E-state index in [-0.39, 0.29) is 5.78 Å². The van der Waals surface area contributed by atoms with Gasteiger partial charge in [0.05, 0.1) is 17.9 Å². The van der Waals surface area contributed by atoms with Gasteiger partial charge >= 0.3 is 11.9 Å². The summed E-state index contributed by atoms with van der Waals surface area (Å²) in [5.41, 5.74) is -0.824. The molecule has 1 aromatic rings. The van der Waals surface area contributed by atoms with E-state index in [2.05, 4.69) is 0 Å². The molecule has 0 amide bonds. The molecule has 1 aliphatic heterocycles. The van der Waals surface area contributed by atoms with Gasteiger partial charge in [-0.3, -0.25) is 19.2 Å². The third-order valence-electron chi connectivity index (χ3n) is 6.65. The highest BCUT2D eigenvalue weighted by atomic mass is 16.6. The van der Waals surface area contributed by atoms with Gasteiger partial charge in [0.15, 0.2) is 18.0 Å². The molecule has 0 N–H and O–H groups in total. The lowest BCUT2D eigenvalue weighted by Gasteiger charge is -2.47. The predicted octanol–water partition coefficient (Wildman–Crippen LogP) is 3.04. The second-order valence-electron chi connectivity index (χ2n) is 8.73. The topological polar surface area (TPSA) is 99.9 Å². The quantitative estimate of drug-likeness (QED) is 0.644. The van der Waals surface area contributed by atoms with Gasteiger partial charge in [0, 0.05) is 24.7 Å². The Morgan fingerprint density at radius 1 is 1.24 bits per heavy atom. The van der Waals surface area contributed by atoms with Crippen LogP contribution in [0.15, 0.2) is 23.0 Å². The third-order valence-corrected chi connectivity index (χ3v) is 6.65. The number of aryl methyl sites for hydroxylation is 1. The van der Waals surface area contributed by atoms with Crippen LogP contribution >= 0.6 is 0 Å². The molecule has 2 heterocycles. The van der Waals surface area contributed by atoms with Crippen molar-refractivity contribution in [2.24, 2.45) is 16.7 Å². The van der Waals surface area contributed by atoms with Crippen LogP contribution < -0.4 is 0 Å². The summed E-state index contributed by atoms with van der Waals surface area (Å²) in [4.78, 5) is 50.0.